The summed E-state index contributed by atoms with van der Waals surface area (Å²) in [7, 11) is 0. The zero-order valence-electron chi connectivity index (χ0n) is 12.6. The molecule has 2 bridgehead atoms. The number of nitriles is 1. The lowest BCUT2D eigenvalue weighted by atomic mass is 9.94. The Bertz CT molecular complexity index is 856. The van der Waals surface area contributed by atoms with Gasteiger partial charge in [0.1, 0.15) is 11.4 Å². The second-order valence-electron chi connectivity index (χ2n) is 6.65. The van der Waals surface area contributed by atoms with E-state index in [1.165, 1.54) is 19.3 Å². The van der Waals surface area contributed by atoms with E-state index in [9.17, 15) is 9.59 Å². The van der Waals surface area contributed by atoms with Gasteiger partial charge in [0, 0.05) is 11.7 Å². The van der Waals surface area contributed by atoms with E-state index in [0.29, 0.717) is 34.6 Å². The molecule has 0 spiro atoms. The molecule has 116 valence electrons. The monoisotopic (exact) mass is 307 g/mol. The number of rotatable bonds is 4. The van der Waals surface area contributed by atoms with Crippen molar-refractivity contribution in [1.82, 2.24) is 0 Å². The van der Waals surface area contributed by atoms with Crippen molar-refractivity contribution in [2.45, 2.75) is 31.7 Å². The van der Waals surface area contributed by atoms with Crippen LogP contribution in [0.15, 0.2) is 33.9 Å². The molecule has 5 nitrogen and oxygen atoms in total. The highest BCUT2D eigenvalue weighted by Gasteiger charge is 2.40. The summed E-state index contributed by atoms with van der Waals surface area (Å²) in [5, 5.41) is 15.1. The van der Waals surface area contributed by atoms with E-state index in [-0.39, 0.29) is 0 Å². The Morgan fingerprint density at radius 2 is 1.74 bits per heavy atom. The van der Waals surface area contributed by atoms with E-state index in [1.54, 1.807) is 24.3 Å². The largest absolute Gasteiger partial charge is 0.377 e. The predicted octanol–water partition coefficient (Wildman–Crippen LogP) is 2.50. The first kappa shape index (κ1) is 14.0. The summed E-state index contributed by atoms with van der Waals surface area (Å²) in [6.07, 6.45) is 4.85. The van der Waals surface area contributed by atoms with Gasteiger partial charge in [-0.05, 0) is 55.4 Å². The Labute approximate surface area is 133 Å². The zero-order valence-corrected chi connectivity index (χ0v) is 12.6. The van der Waals surface area contributed by atoms with Crippen molar-refractivity contribution < 1.29 is 0 Å². The Morgan fingerprint density at radius 1 is 1.00 bits per heavy atom. The number of fused-ring (bicyclic) bond motifs is 2. The first-order valence-electron chi connectivity index (χ1n) is 8.02. The van der Waals surface area contributed by atoms with Crippen molar-refractivity contribution in [1.29, 1.82) is 5.26 Å². The molecule has 2 aromatic carbocycles. The van der Waals surface area contributed by atoms with E-state index in [2.05, 4.69) is 16.7 Å². The first-order valence-corrected chi connectivity index (χ1v) is 8.02. The van der Waals surface area contributed by atoms with Gasteiger partial charge in [0.25, 0.3) is 10.9 Å². The maximum Gasteiger partial charge on any atom is 0.253 e. The summed E-state index contributed by atoms with van der Waals surface area (Å²) in [5.74, 6) is 1.41. The minimum Gasteiger partial charge on any atom is -0.377 e. The van der Waals surface area contributed by atoms with Crippen LogP contribution in [0.4, 0.5) is 17.1 Å². The van der Waals surface area contributed by atoms with Gasteiger partial charge >= 0.3 is 0 Å². The smallest absolute Gasteiger partial charge is 0.253 e. The van der Waals surface area contributed by atoms with Crippen LogP contribution < -0.4 is 21.5 Å². The second-order valence-corrected chi connectivity index (χ2v) is 6.65. The molecule has 0 radical (unpaired) electrons. The molecule has 2 saturated carbocycles. The normalized spacial score (nSPS) is 25.4. The molecule has 0 heterocycles. The molecule has 5 heteroatoms. The average molecular weight is 307 g/mol. The third-order valence-electron chi connectivity index (χ3n) is 5.26. The van der Waals surface area contributed by atoms with Crippen LogP contribution in [0, 0.1) is 23.2 Å². The molecule has 0 amide bonds. The van der Waals surface area contributed by atoms with Crippen molar-refractivity contribution in [2.75, 3.05) is 10.6 Å². The van der Waals surface area contributed by atoms with Gasteiger partial charge in [-0.1, -0.05) is 6.42 Å². The Kier molecular flexibility index (Phi) is 3.19. The van der Waals surface area contributed by atoms with Crippen LogP contribution in [-0.2, 0) is 0 Å². The molecule has 0 saturated heterocycles. The van der Waals surface area contributed by atoms with Crippen molar-refractivity contribution >= 4 is 17.1 Å². The molecule has 0 aromatic heterocycles. The van der Waals surface area contributed by atoms with E-state index in [1.807, 2.05) is 0 Å². The SMILES string of the molecule is N#Cc1ccc(Nc2c(NC3CC4CCC3C4)c(=O)c2=O)cc1. The number of nitrogens with one attached hydrogen (secondary N) is 2. The highest BCUT2D eigenvalue weighted by atomic mass is 16.2. The van der Waals surface area contributed by atoms with Crippen LogP contribution in [-0.4, -0.2) is 6.04 Å². The first-order chi connectivity index (χ1) is 11.2. The lowest BCUT2D eigenvalue weighted by molar-refractivity contribution is 0.439. The highest BCUT2D eigenvalue weighted by molar-refractivity contribution is 5.79. The quantitative estimate of drug-likeness (QED) is 0.848. The summed E-state index contributed by atoms with van der Waals surface area (Å²) in [6, 6.07) is 9.19. The predicted molar refractivity (Wildman–Crippen MR) is 88.7 cm³/mol. The van der Waals surface area contributed by atoms with Crippen molar-refractivity contribution in [3.05, 3.63) is 50.3 Å². The van der Waals surface area contributed by atoms with Gasteiger partial charge in [0.2, 0.25) is 0 Å². The van der Waals surface area contributed by atoms with E-state index in [4.69, 9.17) is 5.26 Å². The molecule has 2 aliphatic rings. The second kappa shape index (κ2) is 5.24. The molecular weight excluding hydrogens is 290 g/mol. The van der Waals surface area contributed by atoms with Crippen LogP contribution in [0.5, 0.6) is 0 Å². The Morgan fingerprint density at radius 3 is 2.35 bits per heavy atom. The van der Waals surface area contributed by atoms with Crippen LogP contribution in [0.25, 0.3) is 0 Å². The fraction of sp³-hybridized carbons (Fsp3) is 0.389. The topological polar surface area (TPSA) is 82.0 Å². The van der Waals surface area contributed by atoms with E-state index < -0.39 is 10.9 Å². The number of benzene rings is 1. The molecule has 4 rings (SSSR count). The minimum atomic E-state index is -0.472. The average Bonchev–Trinajstić information content (AvgIpc) is 3.21. The fourth-order valence-corrected chi connectivity index (χ4v) is 4.03. The maximum atomic E-state index is 11.9. The molecule has 3 unspecified atom stereocenters. The highest BCUT2D eigenvalue weighted by Crippen LogP contribution is 2.45. The summed E-state index contributed by atoms with van der Waals surface area (Å²) >= 11 is 0. The van der Waals surface area contributed by atoms with Gasteiger partial charge in [-0.25, -0.2) is 0 Å². The van der Waals surface area contributed by atoms with Crippen molar-refractivity contribution in [3.63, 3.8) is 0 Å². The summed E-state index contributed by atoms with van der Waals surface area (Å²) < 4.78 is 0. The summed E-state index contributed by atoms with van der Waals surface area (Å²) in [6.45, 7) is 0. The molecule has 2 aliphatic carbocycles. The van der Waals surface area contributed by atoms with Gasteiger partial charge in [-0.15, -0.1) is 0 Å². The Balaban J connectivity index is 1.53. The lowest BCUT2D eigenvalue weighted by Crippen LogP contribution is -2.40. The van der Waals surface area contributed by atoms with Crippen LogP contribution in [0.3, 0.4) is 0 Å². The third kappa shape index (κ3) is 2.31. The van der Waals surface area contributed by atoms with Gasteiger partial charge in [-0.3, -0.25) is 9.59 Å². The summed E-state index contributed by atoms with van der Waals surface area (Å²) in [4.78, 5) is 23.8. The van der Waals surface area contributed by atoms with Gasteiger partial charge in [0.15, 0.2) is 0 Å². The van der Waals surface area contributed by atoms with E-state index in [0.717, 1.165) is 12.3 Å². The zero-order chi connectivity index (χ0) is 16.0. The number of hydrogen-bond donors (Lipinski definition) is 2. The van der Waals surface area contributed by atoms with Crippen LogP contribution in [0.2, 0.25) is 0 Å². The van der Waals surface area contributed by atoms with Gasteiger partial charge in [-0.2, -0.15) is 5.26 Å². The summed E-state index contributed by atoms with van der Waals surface area (Å²) in [5.41, 5.74) is 1.14. The standard InChI is InChI=1S/C18H17N3O2/c19-9-10-2-5-13(6-3-10)20-15-16(18(23)17(15)22)21-14-8-11-1-4-12(14)7-11/h2-3,5-6,11-12,14,20-21H,1,4,7-8H2. The number of anilines is 3. The maximum absolute atomic E-state index is 11.9. The molecule has 2 fully saturated rings. The molecule has 2 aromatic rings. The van der Waals surface area contributed by atoms with Crippen LogP contribution >= 0.6 is 0 Å². The fourth-order valence-electron chi connectivity index (χ4n) is 4.03. The molecule has 2 N–H and O–H groups in total. The van der Waals surface area contributed by atoms with Crippen molar-refractivity contribution in [3.8, 4) is 6.07 Å². The minimum absolute atomic E-state index is 0.318. The van der Waals surface area contributed by atoms with Crippen molar-refractivity contribution in [2.24, 2.45) is 11.8 Å². The van der Waals surface area contributed by atoms with E-state index >= 15 is 0 Å². The third-order valence-corrected chi connectivity index (χ3v) is 5.26. The number of hydrogen-bond acceptors (Lipinski definition) is 5. The van der Waals surface area contributed by atoms with Gasteiger partial charge in [0.05, 0.1) is 11.6 Å². The van der Waals surface area contributed by atoms with Gasteiger partial charge < -0.3 is 10.6 Å². The molecule has 3 atom stereocenters. The molecule has 23 heavy (non-hydrogen) atoms. The van der Waals surface area contributed by atoms with Crippen LogP contribution in [0.1, 0.15) is 31.2 Å². The molecular formula is C18H17N3O2. The lowest BCUT2D eigenvalue weighted by Gasteiger charge is -2.25. The molecule has 0 aliphatic heterocycles. The Hall–Kier alpha value is -2.61. The number of nitrogens with zero attached hydrogens (tertiary/aromatic N) is 1.